The standard InChI is InChI=1S/C9H6F3N3O/c10-9(11,12)15-8(16)5-1-2-6-7(3-5)14-4-13-6/h1-4H,(H,13,14)(H,15,16). The van der Waals surface area contributed by atoms with Gasteiger partial charge in [-0.15, -0.1) is 0 Å². The molecule has 0 aliphatic heterocycles. The van der Waals surface area contributed by atoms with Crippen LogP contribution < -0.4 is 5.32 Å². The molecule has 0 saturated heterocycles. The van der Waals surface area contributed by atoms with Crippen molar-refractivity contribution >= 4 is 16.9 Å². The Hall–Kier alpha value is -2.05. The molecule has 0 bridgehead atoms. The van der Waals surface area contributed by atoms with Crippen LogP contribution in [0.15, 0.2) is 24.5 Å². The SMILES string of the molecule is O=C(NC(F)(F)F)c1ccc2nc[nH]c2c1. The Balaban J connectivity index is 2.29. The van der Waals surface area contributed by atoms with E-state index in [1.165, 1.54) is 24.5 Å². The number of amides is 1. The lowest BCUT2D eigenvalue weighted by Gasteiger charge is -2.07. The van der Waals surface area contributed by atoms with Gasteiger partial charge in [-0.05, 0) is 18.2 Å². The largest absolute Gasteiger partial charge is 0.484 e. The average Bonchev–Trinajstić information content (AvgIpc) is 2.61. The summed E-state index contributed by atoms with van der Waals surface area (Å²) in [6.07, 6.45) is -3.32. The van der Waals surface area contributed by atoms with Gasteiger partial charge in [-0.25, -0.2) is 4.98 Å². The maximum absolute atomic E-state index is 11.9. The summed E-state index contributed by atoms with van der Waals surface area (Å²) in [6, 6.07) is 4.06. The van der Waals surface area contributed by atoms with Crippen molar-refractivity contribution in [3.63, 3.8) is 0 Å². The fourth-order valence-corrected chi connectivity index (χ4v) is 1.28. The van der Waals surface area contributed by atoms with Crippen LogP contribution in [0.3, 0.4) is 0 Å². The van der Waals surface area contributed by atoms with Gasteiger partial charge >= 0.3 is 6.30 Å². The molecule has 2 N–H and O–H groups in total. The molecule has 16 heavy (non-hydrogen) atoms. The number of fused-ring (bicyclic) bond motifs is 1. The summed E-state index contributed by atoms with van der Waals surface area (Å²) in [4.78, 5) is 17.7. The normalized spacial score (nSPS) is 11.7. The highest BCUT2D eigenvalue weighted by molar-refractivity contribution is 5.97. The van der Waals surface area contributed by atoms with Crippen LogP contribution in [0.2, 0.25) is 0 Å². The monoisotopic (exact) mass is 229 g/mol. The molecule has 0 fully saturated rings. The van der Waals surface area contributed by atoms with Gasteiger partial charge in [0.25, 0.3) is 5.91 Å². The fourth-order valence-electron chi connectivity index (χ4n) is 1.28. The van der Waals surface area contributed by atoms with E-state index < -0.39 is 12.2 Å². The molecule has 2 rings (SSSR count). The minimum absolute atomic E-state index is 0.0749. The van der Waals surface area contributed by atoms with Crippen LogP contribution in [0.4, 0.5) is 13.2 Å². The molecule has 1 heterocycles. The summed E-state index contributed by atoms with van der Waals surface area (Å²) in [6.45, 7) is 0. The summed E-state index contributed by atoms with van der Waals surface area (Å²) in [5, 5.41) is 0.919. The lowest BCUT2D eigenvalue weighted by atomic mass is 10.2. The van der Waals surface area contributed by atoms with Gasteiger partial charge in [0.05, 0.1) is 17.4 Å². The number of carbonyl (C=O) groups excluding carboxylic acids is 1. The Morgan fingerprint density at radius 2 is 2.12 bits per heavy atom. The van der Waals surface area contributed by atoms with Crippen molar-refractivity contribution in [2.45, 2.75) is 6.30 Å². The summed E-state index contributed by atoms with van der Waals surface area (Å²) >= 11 is 0. The van der Waals surface area contributed by atoms with E-state index in [2.05, 4.69) is 9.97 Å². The third-order valence-electron chi connectivity index (χ3n) is 1.94. The van der Waals surface area contributed by atoms with Crippen LogP contribution in [-0.4, -0.2) is 22.2 Å². The van der Waals surface area contributed by atoms with Crippen molar-refractivity contribution in [1.82, 2.24) is 15.3 Å². The second-order valence-corrected chi connectivity index (χ2v) is 3.09. The number of hydrogen-bond donors (Lipinski definition) is 2. The molecule has 84 valence electrons. The van der Waals surface area contributed by atoms with Gasteiger partial charge in [0.1, 0.15) is 0 Å². The van der Waals surface area contributed by atoms with Gasteiger partial charge in [0.15, 0.2) is 0 Å². The highest BCUT2D eigenvalue weighted by Crippen LogP contribution is 2.14. The van der Waals surface area contributed by atoms with Crippen LogP contribution >= 0.6 is 0 Å². The Morgan fingerprint density at radius 3 is 2.81 bits per heavy atom. The van der Waals surface area contributed by atoms with E-state index in [1.807, 2.05) is 0 Å². The van der Waals surface area contributed by atoms with E-state index in [0.29, 0.717) is 11.0 Å². The number of hydrogen-bond acceptors (Lipinski definition) is 2. The minimum Gasteiger partial charge on any atom is -0.345 e. The van der Waals surface area contributed by atoms with E-state index in [9.17, 15) is 18.0 Å². The number of aromatic amines is 1. The first kappa shape index (κ1) is 10.5. The molecule has 0 radical (unpaired) electrons. The average molecular weight is 229 g/mol. The number of alkyl halides is 3. The fraction of sp³-hybridized carbons (Fsp3) is 0.111. The Morgan fingerprint density at radius 1 is 1.38 bits per heavy atom. The molecule has 1 aromatic heterocycles. The maximum atomic E-state index is 11.9. The zero-order valence-corrected chi connectivity index (χ0v) is 7.80. The number of halogens is 3. The predicted octanol–water partition coefficient (Wildman–Crippen LogP) is 1.81. The highest BCUT2D eigenvalue weighted by Gasteiger charge is 2.30. The zero-order chi connectivity index (χ0) is 11.8. The minimum atomic E-state index is -4.72. The molecule has 1 amide bonds. The number of carbonyl (C=O) groups is 1. The smallest absolute Gasteiger partial charge is 0.345 e. The molecule has 0 unspecified atom stereocenters. The summed E-state index contributed by atoms with van der Waals surface area (Å²) < 4.78 is 35.7. The van der Waals surface area contributed by atoms with Crippen LogP contribution in [-0.2, 0) is 0 Å². The van der Waals surface area contributed by atoms with Gasteiger partial charge in [-0.2, -0.15) is 13.2 Å². The Labute approximate surface area is 87.5 Å². The second-order valence-electron chi connectivity index (χ2n) is 3.09. The Bertz CT molecular complexity index is 532. The van der Waals surface area contributed by atoms with Gasteiger partial charge in [0, 0.05) is 5.56 Å². The lowest BCUT2D eigenvalue weighted by Crippen LogP contribution is -2.37. The van der Waals surface area contributed by atoms with E-state index in [0.717, 1.165) is 5.32 Å². The van der Waals surface area contributed by atoms with Crippen LogP contribution in [0.25, 0.3) is 11.0 Å². The number of H-pyrrole nitrogens is 1. The van der Waals surface area contributed by atoms with Crippen LogP contribution in [0, 0.1) is 0 Å². The number of aromatic nitrogens is 2. The molecule has 7 heteroatoms. The lowest BCUT2D eigenvalue weighted by molar-refractivity contribution is -0.146. The first-order valence-corrected chi connectivity index (χ1v) is 4.28. The molecule has 0 aliphatic rings. The molecule has 4 nitrogen and oxygen atoms in total. The Kier molecular flexibility index (Phi) is 2.30. The quantitative estimate of drug-likeness (QED) is 0.732. The van der Waals surface area contributed by atoms with Crippen molar-refractivity contribution < 1.29 is 18.0 Å². The predicted molar refractivity (Wildman–Crippen MR) is 49.6 cm³/mol. The van der Waals surface area contributed by atoms with Gasteiger partial charge in [-0.1, -0.05) is 0 Å². The maximum Gasteiger partial charge on any atom is 0.484 e. The molecule has 1 aromatic carbocycles. The number of imidazole rings is 1. The van der Waals surface area contributed by atoms with Crippen LogP contribution in [0.5, 0.6) is 0 Å². The van der Waals surface area contributed by atoms with E-state index in [-0.39, 0.29) is 5.56 Å². The number of rotatable bonds is 1. The van der Waals surface area contributed by atoms with Gasteiger partial charge in [0.2, 0.25) is 0 Å². The second kappa shape index (κ2) is 3.51. The number of nitrogens with one attached hydrogen (secondary N) is 2. The zero-order valence-electron chi connectivity index (χ0n) is 7.80. The number of benzene rings is 1. The third kappa shape index (κ3) is 2.13. The summed E-state index contributed by atoms with van der Waals surface area (Å²) in [5.41, 5.74) is 1.02. The van der Waals surface area contributed by atoms with Crippen molar-refractivity contribution in [2.24, 2.45) is 0 Å². The summed E-state index contributed by atoms with van der Waals surface area (Å²) in [5.74, 6) is -1.19. The first-order chi connectivity index (χ1) is 7.46. The van der Waals surface area contributed by atoms with Gasteiger partial charge in [-0.3, -0.25) is 10.1 Å². The highest BCUT2D eigenvalue weighted by atomic mass is 19.4. The summed E-state index contributed by atoms with van der Waals surface area (Å²) in [7, 11) is 0. The van der Waals surface area contributed by atoms with Crippen molar-refractivity contribution in [1.29, 1.82) is 0 Å². The first-order valence-electron chi connectivity index (χ1n) is 4.28. The van der Waals surface area contributed by atoms with E-state index in [4.69, 9.17) is 0 Å². The molecule has 0 aliphatic carbocycles. The van der Waals surface area contributed by atoms with Crippen molar-refractivity contribution in [3.05, 3.63) is 30.1 Å². The third-order valence-corrected chi connectivity index (χ3v) is 1.94. The van der Waals surface area contributed by atoms with Crippen LogP contribution in [0.1, 0.15) is 10.4 Å². The van der Waals surface area contributed by atoms with E-state index >= 15 is 0 Å². The van der Waals surface area contributed by atoms with Crippen molar-refractivity contribution in [2.75, 3.05) is 0 Å². The number of nitrogens with zero attached hydrogens (tertiary/aromatic N) is 1. The molecule has 0 spiro atoms. The molecular weight excluding hydrogens is 223 g/mol. The van der Waals surface area contributed by atoms with Gasteiger partial charge < -0.3 is 4.98 Å². The molecule has 2 aromatic rings. The molecule has 0 saturated carbocycles. The molecular formula is C9H6F3N3O. The molecule has 0 atom stereocenters. The van der Waals surface area contributed by atoms with Crippen molar-refractivity contribution in [3.8, 4) is 0 Å². The van der Waals surface area contributed by atoms with E-state index in [1.54, 1.807) is 0 Å². The topological polar surface area (TPSA) is 57.8 Å².